The van der Waals surface area contributed by atoms with Crippen molar-refractivity contribution >= 4 is 28.6 Å². The molecule has 0 aliphatic rings. The maximum atomic E-state index is 12.2. The number of rotatable bonds is 7. The van der Waals surface area contributed by atoms with Crippen molar-refractivity contribution in [2.45, 2.75) is 26.8 Å². The zero-order chi connectivity index (χ0) is 22.4. The van der Waals surface area contributed by atoms with Crippen LogP contribution in [0.3, 0.4) is 0 Å². The van der Waals surface area contributed by atoms with Crippen molar-refractivity contribution < 1.29 is 19.1 Å². The van der Waals surface area contributed by atoms with Gasteiger partial charge >= 0.3 is 5.97 Å². The number of fused-ring (bicyclic) bond motifs is 1. The van der Waals surface area contributed by atoms with E-state index in [4.69, 9.17) is 4.74 Å². The fourth-order valence-corrected chi connectivity index (χ4v) is 3.32. The first-order valence-corrected chi connectivity index (χ1v) is 10.1. The lowest BCUT2D eigenvalue weighted by Crippen LogP contribution is -2.34. The van der Waals surface area contributed by atoms with Crippen LogP contribution in [0.1, 0.15) is 40.0 Å². The van der Waals surface area contributed by atoms with Gasteiger partial charge in [0, 0.05) is 5.56 Å². The number of hydrogen-bond acceptors (Lipinski definition) is 4. The van der Waals surface area contributed by atoms with E-state index in [1.807, 2.05) is 69.3 Å². The van der Waals surface area contributed by atoms with Gasteiger partial charge in [0.1, 0.15) is 6.54 Å². The Morgan fingerprint density at radius 2 is 1.68 bits per heavy atom. The molecule has 0 aliphatic heterocycles. The predicted molar refractivity (Wildman–Crippen MR) is 120 cm³/mol. The summed E-state index contributed by atoms with van der Waals surface area (Å²) in [4.78, 5) is 36.3. The molecule has 0 fully saturated rings. The first kappa shape index (κ1) is 22.0. The highest BCUT2D eigenvalue weighted by Crippen LogP contribution is 2.23. The summed E-state index contributed by atoms with van der Waals surface area (Å²) in [6, 6.07) is 18.9. The Balaban J connectivity index is 1.47. The highest BCUT2D eigenvalue weighted by molar-refractivity contribution is 5.96. The largest absolute Gasteiger partial charge is 0.454 e. The van der Waals surface area contributed by atoms with Crippen LogP contribution in [0.25, 0.3) is 10.8 Å². The molecule has 0 bridgehead atoms. The maximum absolute atomic E-state index is 12.2. The van der Waals surface area contributed by atoms with Crippen LogP contribution in [0.5, 0.6) is 0 Å². The van der Waals surface area contributed by atoms with E-state index < -0.39 is 18.5 Å². The predicted octanol–water partition coefficient (Wildman–Crippen LogP) is 3.61. The van der Waals surface area contributed by atoms with Gasteiger partial charge in [-0.3, -0.25) is 14.4 Å². The molecule has 1 unspecified atom stereocenters. The Morgan fingerprint density at radius 3 is 2.45 bits per heavy atom. The number of amides is 2. The molecule has 0 aromatic heterocycles. The molecule has 31 heavy (non-hydrogen) atoms. The van der Waals surface area contributed by atoms with E-state index in [0.29, 0.717) is 5.56 Å². The molecule has 0 aliphatic carbocycles. The van der Waals surface area contributed by atoms with Crippen molar-refractivity contribution in [1.82, 2.24) is 10.6 Å². The lowest BCUT2D eigenvalue weighted by atomic mass is 10.00. The SMILES string of the molecule is Cc1ccc(C(=O)NCC(=O)OCC(=O)NC(C)c2cccc3ccccc23)cc1C. The van der Waals surface area contributed by atoms with Gasteiger partial charge < -0.3 is 15.4 Å². The molecule has 0 saturated carbocycles. The summed E-state index contributed by atoms with van der Waals surface area (Å²) in [6.45, 7) is 5.04. The van der Waals surface area contributed by atoms with E-state index in [1.54, 1.807) is 12.1 Å². The summed E-state index contributed by atoms with van der Waals surface area (Å²) in [5.41, 5.74) is 3.53. The van der Waals surface area contributed by atoms with E-state index in [9.17, 15) is 14.4 Å². The average Bonchev–Trinajstić information content (AvgIpc) is 2.77. The first-order chi connectivity index (χ1) is 14.8. The Labute approximate surface area is 181 Å². The van der Waals surface area contributed by atoms with E-state index in [0.717, 1.165) is 27.5 Å². The lowest BCUT2D eigenvalue weighted by Gasteiger charge is -2.16. The van der Waals surface area contributed by atoms with Crippen LogP contribution < -0.4 is 10.6 Å². The lowest BCUT2D eigenvalue weighted by molar-refractivity contribution is -0.147. The molecule has 3 rings (SSSR count). The molecule has 2 amide bonds. The van der Waals surface area contributed by atoms with Crippen LogP contribution in [-0.4, -0.2) is 30.9 Å². The Morgan fingerprint density at radius 1 is 0.935 bits per heavy atom. The molecule has 6 heteroatoms. The number of esters is 1. The highest BCUT2D eigenvalue weighted by atomic mass is 16.5. The minimum Gasteiger partial charge on any atom is -0.454 e. The quantitative estimate of drug-likeness (QED) is 0.574. The molecule has 0 spiro atoms. The second-order valence-corrected chi connectivity index (χ2v) is 7.50. The number of nitrogens with one attached hydrogen (secondary N) is 2. The van der Waals surface area contributed by atoms with Crippen LogP contribution in [0.15, 0.2) is 60.7 Å². The van der Waals surface area contributed by atoms with Crippen LogP contribution >= 0.6 is 0 Å². The highest BCUT2D eigenvalue weighted by Gasteiger charge is 2.15. The van der Waals surface area contributed by atoms with Gasteiger partial charge in [-0.2, -0.15) is 0 Å². The van der Waals surface area contributed by atoms with E-state index in [1.165, 1.54) is 0 Å². The number of carbonyl (C=O) groups is 3. The van der Waals surface area contributed by atoms with Gasteiger partial charge in [-0.05, 0) is 60.4 Å². The van der Waals surface area contributed by atoms with Crippen LogP contribution in [0.2, 0.25) is 0 Å². The summed E-state index contributed by atoms with van der Waals surface area (Å²) < 4.78 is 4.99. The number of aryl methyl sites for hydroxylation is 2. The minimum absolute atomic E-state index is 0.248. The summed E-state index contributed by atoms with van der Waals surface area (Å²) in [5.74, 6) is -1.45. The zero-order valence-corrected chi connectivity index (χ0v) is 17.9. The first-order valence-electron chi connectivity index (χ1n) is 10.1. The number of ether oxygens (including phenoxy) is 1. The van der Waals surface area contributed by atoms with Crippen LogP contribution in [0, 0.1) is 13.8 Å². The van der Waals surface area contributed by atoms with Gasteiger partial charge in [-0.15, -0.1) is 0 Å². The molecule has 0 heterocycles. The van der Waals surface area contributed by atoms with Gasteiger partial charge in [0.2, 0.25) is 0 Å². The Bertz CT molecular complexity index is 1120. The van der Waals surface area contributed by atoms with Crippen LogP contribution in [-0.2, 0) is 14.3 Å². The standard InChI is InChI=1S/C25H26N2O4/c1-16-11-12-20(13-17(16)2)25(30)26-14-24(29)31-15-23(28)27-18(3)21-10-6-8-19-7-4-5-9-22(19)21/h4-13,18H,14-15H2,1-3H3,(H,26,30)(H,27,28). The molecule has 1 atom stereocenters. The van der Waals surface area contributed by atoms with Crippen molar-refractivity contribution in [3.8, 4) is 0 Å². The van der Waals surface area contributed by atoms with Crippen molar-refractivity contribution in [2.75, 3.05) is 13.2 Å². The molecule has 0 saturated heterocycles. The summed E-state index contributed by atoms with van der Waals surface area (Å²) in [6.07, 6.45) is 0. The second kappa shape index (κ2) is 9.89. The van der Waals surface area contributed by atoms with Crippen molar-refractivity contribution in [3.63, 3.8) is 0 Å². The average molecular weight is 418 g/mol. The van der Waals surface area contributed by atoms with Gasteiger partial charge in [-0.1, -0.05) is 48.5 Å². The second-order valence-electron chi connectivity index (χ2n) is 7.50. The third-order valence-electron chi connectivity index (χ3n) is 5.19. The number of hydrogen-bond donors (Lipinski definition) is 2. The fourth-order valence-electron chi connectivity index (χ4n) is 3.32. The third kappa shape index (κ3) is 5.69. The number of carbonyl (C=O) groups excluding carboxylic acids is 3. The molecule has 2 N–H and O–H groups in total. The Kier molecular flexibility index (Phi) is 7.03. The topological polar surface area (TPSA) is 84.5 Å². The normalized spacial score (nSPS) is 11.6. The number of benzene rings is 3. The maximum Gasteiger partial charge on any atom is 0.325 e. The van der Waals surface area contributed by atoms with Gasteiger partial charge in [0.05, 0.1) is 6.04 Å². The zero-order valence-electron chi connectivity index (χ0n) is 17.9. The smallest absolute Gasteiger partial charge is 0.325 e. The molecule has 6 nitrogen and oxygen atoms in total. The van der Waals surface area contributed by atoms with Crippen molar-refractivity contribution in [2.24, 2.45) is 0 Å². The van der Waals surface area contributed by atoms with Crippen LogP contribution in [0.4, 0.5) is 0 Å². The fraction of sp³-hybridized carbons (Fsp3) is 0.240. The molecule has 160 valence electrons. The Hall–Kier alpha value is -3.67. The minimum atomic E-state index is -0.676. The van der Waals surface area contributed by atoms with Gasteiger partial charge in [0.15, 0.2) is 6.61 Å². The summed E-state index contributed by atoms with van der Waals surface area (Å²) in [5, 5.41) is 7.50. The molecule has 3 aromatic rings. The molecule has 0 radical (unpaired) electrons. The third-order valence-corrected chi connectivity index (χ3v) is 5.19. The van der Waals surface area contributed by atoms with E-state index in [2.05, 4.69) is 10.6 Å². The van der Waals surface area contributed by atoms with Crippen molar-refractivity contribution in [3.05, 3.63) is 82.9 Å². The van der Waals surface area contributed by atoms with Gasteiger partial charge in [0.25, 0.3) is 11.8 Å². The van der Waals surface area contributed by atoms with Gasteiger partial charge in [-0.25, -0.2) is 0 Å². The summed E-state index contributed by atoms with van der Waals surface area (Å²) >= 11 is 0. The molecular weight excluding hydrogens is 392 g/mol. The molecular formula is C25H26N2O4. The monoisotopic (exact) mass is 418 g/mol. The summed E-state index contributed by atoms with van der Waals surface area (Å²) in [7, 11) is 0. The van der Waals surface area contributed by atoms with E-state index in [-0.39, 0.29) is 18.5 Å². The van der Waals surface area contributed by atoms with E-state index >= 15 is 0 Å². The molecule has 3 aromatic carbocycles. The van der Waals surface area contributed by atoms with Crippen molar-refractivity contribution in [1.29, 1.82) is 0 Å².